The van der Waals surface area contributed by atoms with Gasteiger partial charge in [-0.3, -0.25) is 4.79 Å². The number of fused-ring (bicyclic) bond motifs is 1. The number of rotatable bonds is 9. The average molecular weight is 418 g/mol. The Labute approximate surface area is 173 Å². The summed E-state index contributed by atoms with van der Waals surface area (Å²) < 4.78 is 38.8. The lowest BCUT2D eigenvalue weighted by Gasteiger charge is -2.06. The maximum absolute atomic E-state index is 12.9. The van der Waals surface area contributed by atoms with Gasteiger partial charge in [0.15, 0.2) is 5.78 Å². The van der Waals surface area contributed by atoms with Gasteiger partial charge in [-0.15, -0.1) is 0 Å². The van der Waals surface area contributed by atoms with Crippen LogP contribution in [0.1, 0.15) is 67.8 Å². The van der Waals surface area contributed by atoms with Crippen LogP contribution in [0.15, 0.2) is 36.4 Å². The molecule has 0 aliphatic heterocycles. The summed E-state index contributed by atoms with van der Waals surface area (Å²) in [7, 11) is 0. The predicted octanol–water partition coefficient (Wildman–Crippen LogP) is 6.89. The highest BCUT2D eigenvalue weighted by atomic mass is 19.4. The number of H-pyrrole nitrogens is 1. The fourth-order valence-electron chi connectivity index (χ4n) is 3.42. The van der Waals surface area contributed by atoms with Crippen LogP contribution in [0.4, 0.5) is 13.2 Å². The number of ketones is 1. The topological polar surface area (TPSA) is 66.0 Å². The Kier molecular flexibility index (Phi) is 6.80. The SMILES string of the molecule is CCCCCCCCC(=O)c1ccc(O)c(-c2nc3ccc(C(F)(F)F)cc3[nH]2)c1. The van der Waals surface area contributed by atoms with E-state index in [2.05, 4.69) is 16.9 Å². The number of phenols is 1. The quantitative estimate of drug-likeness (QED) is 0.294. The van der Waals surface area contributed by atoms with E-state index in [-0.39, 0.29) is 28.4 Å². The molecule has 4 nitrogen and oxygen atoms in total. The first-order chi connectivity index (χ1) is 14.3. The number of unbranched alkanes of at least 4 members (excludes halogenated alkanes) is 5. The third-order valence-electron chi connectivity index (χ3n) is 5.14. The van der Waals surface area contributed by atoms with Gasteiger partial charge in [-0.05, 0) is 42.8 Å². The van der Waals surface area contributed by atoms with Crippen molar-refractivity contribution in [2.75, 3.05) is 0 Å². The minimum Gasteiger partial charge on any atom is -0.507 e. The van der Waals surface area contributed by atoms with E-state index in [4.69, 9.17) is 0 Å². The minimum absolute atomic E-state index is 0.0257. The lowest BCUT2D eigenvalue weighted by atomic mass is 10.0. The van der Waals surface area contributed by atoms with E-state index in [1.165, 1.54) is 37.5 Å². The predicted molar refractivity (Wildman–Crippen MR) is 111 cm³/mol. The Balaban J connectivity index is 1.77. The second kappa shape index (κ2) is 9.32. The molecule has 0 bridgehead atoms. The monoisotopic (exact) mass is 418 g/mol. The highest BCUT2D eigenvalue weighted by Crippen LogP contribution is 2.33. The smallest absolute Gasteiger partial charge is 0.416 e. The molecule has 0 spiro atoms. The number of carbonyl (C=O) groups is 1. The molecule has 0 saturated heterocycles. The number of Topliss-reactive ketones (excluding diaryl/α,β-unsaturated/α-hetero) is 1. The summed E-state index contributed by atoms with van der Waals surface area (Å²) in [5.41, 5.74) is 0.517. The van der Waals surface area contributed by atoms with Crippen molar-refractivity contribution in [2.24, 2.45) is 0 Å². The van der Waals surface area contributed by atoms with Crippen molar-refractivity contribution in [1.82, 2.24) is 9.97 Å². The highest BCUT2D eigenvalue weighted by Gasteiger charge is 2.30. The van der Waals surface area contributed by atoms with Gasteiger partial charge in [-0.1, -0.05) is 39.0 Å². The molecular weight excluding hydrogens is 393 g/mol. The van der Waals surface area contributed by atoms with Gasteiger partial charge < -0.3 is 10.1 Å². The lowest BCUT2D eigenvalue weighted by Crippen LogP contribution is -2.04. The summed E-state index contributed by atoms with van der Waals surface area (Å²) >= 11 is 0. The number of nitrogens with one attached hydrogen (secondary N) is 1. The van der Waals surface area contributed by atoms with Crippen LogP contribution in [0.2, 0.25) is 0 Å². The Morgan fingerprint density at radius 1 is 1.03 bits per heavy atom. The second-order valence-electron chi connectivity index (χ2n) is 7.49. The van der Waals surface area contributed by atoms with E-state index in [0.29, 0.717) is 17.5 Å². The summed E-state index contributed by atoms with van der Waals surface area (Å²) in [6.45, 7) is 2.16. The number of benzene rings is 2. The Bertz CT molecular complexity index is 1020. The zero-order valence-corrected chi connectivity index (χ0v) is 16.9. The second-order valence-corrected chi connectivity index (χ2v) is 7.49. The number of phenolic OH excluding ortho intramolecular Hbond substituents is 1. The normalized spacial score (nSPS) is 11.9. The molecule has 160 valence electrons. The minimum atomic E-state index is -4.45. The van der Waals surface area contributed by atoms with Crippen LogP contribution in [0, 0.1) is 0 Å². The molecule has 0 aliphatic rings. The van der Waals surface area contributed by atoms with Crippen molar-refractivity contribution in [2.45, 2.75) is 58.0 Å². The van der Waals surface area contributed by atoms with Gasteiger partial charge in [0.05, 0.1) is 22.2 Å². The maximum atomic E-state index is 12.9. The molecule has 2 N–H and O–H groups in total. The van der Waals surface area contributed by atoms with Crippen LogP contribution in [-0.4, -0.2) is 20.9 Å². The van der Waals surface area contributed by atoms with E-state index >= 15 is 0 Å². The van der Waals surface area contributed by atoms with E-state index in [0.717, 1.165) is 31.4 Å². The molecule has 0 atom stereocenters. The van der Waals surface area contributed by atoms with Crippen molar-refractivity contribution in [1.29, 1.82) is 0 Å². The first kappa shape index (κ1) is 21.9. The molecule has 0 aliphatic carbocycles. The maximum Gasteiger partial charge on any atom is 0.416 e. The summed E-state index contributed by atoms with van der Waals surface area (Å²) in [5, 5.41) is 10.2. The van der Waals surface area contributed by atoms with Crippen LogP contribution in [-0.2, 0) is 6.18 Å². The molecule has 0 radical (unpaired) electrons. The van der Waals surface area contributed by atoms with Gasteiger partial charge >= 0.3 is 6.18 Å². The number of hydrogen-bond acceptors (Lipinski definition) is 3. The van der Waals surface area contributed by atoms with E-state index in [1.807, 2.05) is 0 Å². The summed E-state index contributed by atoms with van der Waals surface area (Å²) in [5.74, 6) is 0.0967. The van der Waals surface area contributed by atoms with Crippen LogP contribution in [0.25, 0.3) is 22.4 Å². The summed E-state index contributed by atoms with van der Waals surface area (Å²) in [4.78, 5) is 19.6. The first-order valence-electron chi connectivity index (χ1n) is 10.2. The molecule has 0 fully saturated rings. The number of nitrogens with zero attached hydrogens (tertiary/aromatic N) is 1. The number of aromatic nitrogens is 2. The molecule has 1 aromatic heterocycles. The van der Waals surface area contributed by atoms with Gasteiger partial charge in [-0.2, -0.15) is 13.2 Å². The van der Waals surface area contributed by atoms with Gasteiger partial charge in [0.2, 0.25) is 0 Å². The number of aromatic hydroxyl groups is 1. The van der Waals surface area contributed by atoms with Gasteiger partial charge in [0, 0.05) is 12.0 Å². The molecule has 0 saturated carbocycles. The van der Waals surface area contributed by atoms with Crippen LogP contribution >= 0.6 is 0 Å². The van der Waals surface area contributed by atoms with Crippen LogP contribution < -0.4 is 0 Å². The summed E-state index contributed by atoms with van der Waals surface area (Å²) in [6.07, 6.45) is 2.45. The van der Waals surface area contributed by atoms with Crippen molar-refractivity contribution in [3.63, 3.8) is 0 Å². The molecule has 30 heavy (non-hydrogen) atoms. The number of carbonyl (C=O) groups excluding carboxylic acids is 1. The van der Waals surface area contributed by atoms with Crippen LogP contribution in [0.3, 0.4) is 0 Å². The number of aromatic amines is 1. The summed E-state index contributed by atoms with van der Waals surface area (Å²) in [6, 6.07) is 7.74. The fourth-order valence-corrected chi connectivity index (χ4v) is 3.42. The van der Waals surface area contributed by atoms with Crippen molar-refractivity contribution in [3.8, 4) is 17.1 Å². The number of imidazole rings is 1. The molecule has 7 heteroatoms. The molecule has 0 unspecified atom stereocenters. The van der Waals surface area contributed by atoms with E-state index in [1.54, 1.807) is 6.07 Å². The molecule has 3 aromatic rings. The van der Waals surface area contributed by atoms with Gasteiger partial charge in [0.25, 0.3) is 0 Å². The van der Waals surface area contributed by atoms with E-state index in [9.17, 15) is 23.1 Å². The Morgan fingerprint density at radius 2 is 1.77 bits per heavy atom. The largest absolute Gasteiger partial charge is 0.507 e. The third-order valence-corrected chi connectivity index (χ3v) is 5.14. The Hall–Kier alpha value is -2.83. The molecule has 3 rings (SSSR count). The zero-order valence-electron chi connectivity index (χ0n) is 16.9. The number of alkyl halides is 3. The van der Waals surface area contributed by atoms with Crippen LogP contribution in [0.5, 0.6) is 5.75 Å². The molecular formula is C23H25F3N2O2. The standard InChI is InChI=1S/C23H25F3N2O2/c1-2-3-4-5-6-7-8-20(29)15-9-12-21(30)17(13-15)22-27-18-11-10-16(23(24,25)26)14-19(18)28-22/h9-14,30H,2-8H2,1H3,(H,27,28). The lowest BCUT2D eigenvalue weighted by molar-refractivity contribution is -0.137. The first-order valence-corrected chi connectivity index (χ1v) is 10.2. The van der Waals surface area contributed by atoms with Gasteiger partial charge in [0.1, 0.15) is 11.6 Å². The zero-order chi connectivity index (χ0) is 21.7. The van der Waals surface area contributed by atoms with Crippen molar-refractivity contribution in [3.05, 3.63) is 47.5 Å². The average Bonchev–Trinajstić information content (AvgIpc) is 3.13. The van der Waals surface area contributed by atoms with E-state index < -0.39 is 11.7 Å². The molecule has 2 aromatic carbocycles. The third kappa shape index (κ3) is 5.20. The molecule has 1 heterocycles. The Morgan fingerprint density at radius 3 is 2.50 bits per heavy atom. The van der Waals surface area contributed by atoms with Crippen molar-refractivity contribution < 1.29 is 23.1 Å². The molecule has 0 amide bonds. The highest BCUT2D eigenvalue weighted by molar-refractivity contribution is 5.97. The van der Waals surface area contributed by atoms with Gasteiger partial charge in [-0.25, -0.2) is 4.98 Å². The fraction of sp³-hybridized carbons (Fsp3) is 0.391. The van der Waals surface area contributed by atoms with Crippen molar-refractivity contribution >= 4 is 16.8 Å². The number of hydrogen-bond donors (Lipinski definition) is 2. The number of halogens is 3.